The second kappa shape index (κ2) is 4.52. The number of carboxylic acid groups (broad SMARTS) is 1. The SMILES string of the molecule is [B]C([B])(N)CCC[C@H](N)C(=O)O. The molecule has 4 radical (unpaired) electrons. The van der Waals surface area contributed by atoms with Gasteiger partial charge in [-0.3, -0.25) is 4.79 Å². The Labute approximate surface area is 74.5 Å². The van der Waals surface area contributed by atoms with Gasteiger partial charge in [0.25, 0.3) is 0 Å². The first kappa shape index (κ1) is 11.5. The van der Waals surface area contributed by atoms with Crippen LogP contribution in [0.1, 0.15) is 19.3 Å². The molecule has 0 aromatic carbocycles. The summed E-state index contributed by atoms with van der Waals surface area (Å²) in [6.45, 7) is 0. The zero-order chi connectivity index (χ0) is 9.78. The maximum Gasteiger partial charge on any atom is 0.320 e. The Morgan fingerprint density at radius 2 is 2.08 bits per heavy atom. The molecule has 12 heavy (non-hydrogen) atoms. The summed E-state index contributed by atoms with van der Waals surface area (Å²) < 4.78 is 0. The van der Waals surface area contributed by atoms with Crippen LogP contribution in [0, 0.1) is 0 Å². The molecule has 1 atom stereocenters. The van der Waals surface area contributed by atoms with E-state index < -0.39 is 17.3 Å². The van der Waals surface area contributed by atoms with Gasteiger partial charge in [0.15, 0.2) is 0 Å². The van der Waals surface area contributed by atoms with Crippen molar-refractivity contribution in [2.45, 2.75) is 30.6 Å². The van der Waals surface area contributed by atoms with Crippen molar-refractivity contribution in [2.24, 2.45) is 11.5 Å². The van der Waals surface area contributed by atoms with Crippen LogP contribution in [-0.2, 0) is 4.79 Å². The van der Waals surface area contributed by atoms with Crippen LogP contribution >= 0.6 is 0 Å². The topological polar surface area (TPSA) is 89.3 Å². The van der Waals surface area contributed by atoms with E-state index in [0.717, 1.165) is 0 Å². The summed E-state index contributed by atoms with van der Waals surface area (Å²) in [5.41, 5.74) is 10.5. The summed E-state index contributed by atoms with van der Waals surface area (Å²) in [4.78, 5) is 10.2. The van der Waals surface area contributed by atoms with E-state index in [1.807, 2.05) is 0 Å². The maximum atomic E-state index is 10.2. The summed E-state index contributed by atoms with van der Waals surface area (Å²) in [7, 11) is 10.5. The monoisotopic (exact) mass is 166 g/mol. The molecule has 0 unspecified atom stereocenters. The summed E-state index contributed by atoms with van der Waals surface area (Å²) in [5, 5.41) is 7.17. The molecule has 0 fully saturated rings. The maximum absolute atomic E-state index is 10.2. The first-order valence-electron chi connectivity index (χ1n) is 3.68. The average molecular weight is 166 g/mol. The van der Waals surface area contributed by atoms with E-state index in [2.05, 4.69) is 0 Å². The van der Waals surface area contributed by atoms with Gasteiger partial charge in [-0.2, -0.15) is 0 Å². The highest BCUT2D eigenvalue weighted by atomic mass is 16.4. The van der Waals surface area contributed by atoms with E-state index in [1.165, 1.54) is 0 Å². The smallest absolute Gasteiger partial charge is 0.320 e. The second-order valence-electron chi connectivity index (χ2n) is 2.95. The lowest BCUT2D eigenvalue weighted by Gasteiger charge is -2.19. The number of hydrogen-bond acceptors (Lipinski definition) is 3. The van der Waals surface area contributed by atoms with E-state index in [-0.39, 0.29) is 0 Å². The largest absolute Gasteiger partial charge is 0.480 e. The Balaban J connectivity index is 3.51. The number of aliphatic carboxylic acids is 1. The molecule has 0 rings (SSSR count). The minimum absolute atomic E-state index is 0.336. The Kier molecular flexibility index (Phi) is 4.34. The van der Waals surface area contributed by atoms with Crippen LogP contribution in [-0.4, -0.2) is 38.1 Å². The van der Waals surface area contributed by atoms with Crippen LogP contribution < -0.4 is 11.5 Å². The van der Waals surface area contributed by atoms with Gasteiger partial charge < -0.3 is 16.6 Å². The molecule has 4 nitrogen and oxygen atoms in total. The van der Waals surface area contributed by atoms with Crippen LogP contribution in [0.15, 0.2) is 0 Å². The Bertz CT molecular complexity index is 158. The number of nitrogens with two attached hydrogens (primary N) is 2. The molecule has 0 aliphatic carbocycles. The molecular weight excluding hydrogens is 154 g/mol. The van der Waals surface area contributed by atoms with E-state index in [0.29, 0.717) is 19.3 Å². The van der Waals surface area contributed by atoms with E-state index in [1.54, 1.807) is 0 Å². The molecule has 0 heterocycles. The predicted molar refractivity (Wildman–Crippen MR) is 47.9 cm³/mol. The normalized spacial score (nSPS) is 14.2. The fourth-order valence-electron chi connectivity index (χ4n) is 0.752. The van der Waals surface area contributed by atoms with Crippen molar-refractivity contribution in [1.82, 2.24) is 0 Å². The Morgan fingerprint density at radius 3 is 2.42 bits per heavy atom. The third-order valence-electron chi connectivity index (χ3n) is 1.44. The summed E-state index contributed by atoms with van der Waals surface area (Å²) in [5.74, 6) is -1.02. The van der Waals surface area contributed by atoms with Gasteiger partial charge >= 0.3 is 5.97 Å². The molecule has 0 saturated heterocycles. The van der Waals surface area contributed by atoms with Crippen molar-refractivity contribution in [3.63, 3.8) is 0 Å². The predicted octanol–water partition coefficient (Wildman–Crippen LogP) is -1.48. The fourth-order valence-corrected chi connectivity index (χ4v) is 0.752. The zero-order valence-corrected chi connectivity index (χ0v) is 6.86. The quantitative estimate of drug-likeness (QED) is 0.434. The number of rotatable bonds is 5. The molecular formula is C6H12B2N2O2. The molecule has 0 amide bonds. The fraction of sp³-hybridized carbons (Fsp3) is 0.833. The molecule has 5 N–H and O–H groups in total. The van der Waals surface area contributed by atoms with Crippen LogP contribution in [0.25, 0.3) is 0 Å². The van der Waals surface area contributed by atoms with Crippen LogP contribution in [0.4, 0.5) is 0 Å². The first-order valence-corrected chi connectivity index (χ1v) is 3.68. The molecule has 0 aromatic heterocycles. The molecule has 0 spiro atoms. The number of carboxylic acids is 1. The summed E-state index contributed by atoms with van der Waals surface area (Å²) in [6.07, 6.45) is 1.20. The molecule has 0 aliphatic rings. The lowest BCUT2D eigenvalue weighted by atomic mass is 9.60. The van der Waals surface area contributed by atoms with Crippen LogP contribution in [0.3, 0.4) is 0 Å². The van der Waals surface area contributed by atoms with Crippen molar-refractivity contribution in [3.8, 4) is 0 Å². The number of carbonyl (C=O) groups is 1. The lowest BCUT2D eigenvalue weighted by Crippen LogP contribution is -2.41. The van der Waals surface area contributed by atoms with Gasteiger partial charge in [0.1, 0.15) is 6.04 Å². The van der Waals surface area contributed by atoms with Gasteiger partial charge in [0.05, 0.1) is 15.7 Å². The van der Waals surface area contributed by atoms with E-state index in [9.17, 15) is 4.79 Å². The summed E-state index contributed by atoms with van der Waals surface area (Å²) in [6, 6.07) is -0.854. The molecule has 0 saturated carbocycles. The Morgan fingerprint density at radius 1 is 1.58 bits per heavy atom. The van der Waals surface area contributed by atoms with Crippen LogP contribution in [0.5, 0.6) is 0 Å². The average Bonchev–Trinajstić information content (AvgIpc) is 1.84. The minimum Gasteiger partial charge on any atom is -0.480 e. The van der Waals surface area contributed by atoms with E-state index in [4.69, 9.17) is 32.3 Å². The molecule has 0 bridgehead atoms. The highest BCUT2D eigenvalue weighted by Gasteiger charge is 2.14. The van der Waals surface area contributed by atoms with Gasteiger partial charge in [0, 0.05) is 0 Å². The minimum atomic E-state index is -1.22. The first-order chi connectivity index (χ1) is 5.33. The summed E-state index contributed by atoms with van der Waals surface area (Å²) >= 11 is 0. The highest BCUT2D eigenvalue weighted by Crippen LogP contribution is 2.05. The number of hydrogen-bond donors (Lipinski definition) is 3. The van der Waals surface area contributed by atoms with Gasteiger partial charge in [-0.05, 0) is 6.42 Å². The molecule has 64 valence electrons. The van der Waals surface area contributed by atoms with Crippen molar-refractivity contribution < 1.29 is 9.90 Å². The molecule has 0 aliphatic heterocycles. The van der Waals surface area contributed by atoms with Gasteiger partial charge in [-0.15, -0.1) is 0 Å². The standard InChI is InChI=1S/C6H12B2N2O2/c7-6(8,10)3-1-2-4(9)5(11)12/h4H,1-3,9-10H2,(H,11,12)/t4-/m0/s1. The Hall–Kier alpha value is -0.480. The van der Waals surface area contributed by atoms with Crippen molar-refractivity contribution >= 4 is 21.7 Å². The van der Waals surface area contributed by atoms with Gasteiger partial charge in [0.2, 0.25) is 0 Å². The van der Waals surface area contributed by atoms with Crippen molar-refractivity contribution in [3.05, 3.63) is 0 Å². The van der Waals surface area contributed by atoms with Crippen LogP contribution in [0.2, 0.25) is 0 Å². The van der Waals surface area contributed by atoms with Crippen molar-refractivity contribution in [1.29, 1.82) is 0 Å². The second-order valence-corrected chi connectivity index (χ2v) is 2.95. The van der Waals surface area contributed by atoms with Gasteiger partial charge in [-0.25, -0.2) is 0 Å². The van der Waals surface area contributed by atoms with Crippen molar-refractivity contribution in [2.75, 3.05) is 0 Å². The molecule has 0 aromatic rings. The third-order valence-corrected chi connectivity index (χ3v) is 1.44. The van der Waals surface area contributed by atoms with Gasteiger partial charge in [-0.1, -0.05) is 18.2 Å². The zero-order valence-electron chi connectivity index (χ0n) is 6.86. The molecule has 6 heteroatoms. The lowest BCUT2D eigenvalue weighted by molar-refractivity contribution is -0.138. The van der Waals surface area contributed by atoms with E-state index >= 15 is 0 Å². The third kappa shape index (κ3) is 6.24. The highest BCUT2D eigenvalue weighted by molar-refractivity contribution is 6.39.